The van der Waals surface area contributed by atoms with Crippen LogP contribution in [0.3, 0.4) is 0 Å². The lowest BCUT2D eigenvalue weighted by atomic mass is 10.0. The summed E-state index contributed by atoms with van der Waals surface area (Å²) >= 11 is 0. The van der Waals surface area contributed by atoms with Gasteiger partial charge in [-0.25, -0.2) is 15.0 Å². The Kier molecular flexibility index (Phi) is 7.33. The predicted molar refractivity (Wildman–Crippen MR) is 265 cm³/mol. The van der Waals surface area contributed by atoms with Crippen LogP contribution in [0.5, 0.6) is 0 Å². The van der Waals surface area contributed by atoms with Gasteiger partial charge >= 0.3 is 0 Å². The van der Waals surface area contributed by atoms with Crippen LogP contribution in [0.4, 0.5) is 0 Å². The number of hydrogen-bond acceptors (Lipinski definition) is 4. The van der Waals surface area contributed by atoms with E-state index >= 15 is 0 Å². The normalized spacial score (nSPS) is 12.1. The first-order valence-corrected chi connectivity index (χ1v) is 21.7. The van der Waals surface area contributed by atoms with Crippen molar-refractivity contribution in [3.8, 4) is 39.9 Å². The summed E-state index contributed by atoms with van der Waals surface area (Å²) < 4.78 is 9.61. The molecule has 5 nitrogen and oxygen atoms in total. The van der Waals surface area contributed by atoms with Gasteiger partial charge in [-0.05, 0) is 74.1 Å². The molecule has 0 spiro atoms. The Morgan fingerprint density at radius 3 is 1.52 bits per heavy atom. The van der Waals surface area contributed by atoms with Crippen molar-refractivity contribution in [3.05, 3.63) is 206 Å². The summed E-state index contributed by atoms with van der Waals surface area (Å²) in [5, 5.41) is 16.0. The molecule has 296 valence electrons. The molecule has 0 radical (unpaired) electrons. The van der Waals surface area contributed by atoms with E-state index in [2.05, 4.69) is 211 Å². The first kappa shape index (κ1) is 35.0. The van der Waals surface area contributed by atoms with Crippen LogP contribution in [0.15, 0.2) is 211 Å². The van der Waals surface area contributed by atoms with Gasteiger partial charge in [0.05, 0.1) is 22.3 Å². The Hall–Kier alpha value is -8.67. The Morgan fingerprint density at radius 2 is 0.828 bits per heavy atom. The molecule has 0 N–H and O–H groups in total. The second kappa shape index (κ2) is 13.4. The van der Waals surface area contributed by atoms with E-state index in [-0.39, 0.29) is 0 Å². The molecule has 3 aromatic heterocycles. The molecule has 0 saturated heterocycles. The molecule has 0 aliphatic heterocycles. The summed E-state index contributed by atoms with van der Waals surface area (Å²) in [7, 11) is 0. The topological polar surface area (TPSA) is 56.7 Å². The number of benzene rings is 11. The average Bonchev–Trinajstić information content (AvgIpc) is 3.90. The van der Waals surface area contributed by atoms with Gasteiger partial charge in [0, 0.05) is 48.8 Å². The highest BCUT2D eigenvalue weighted by Crippen LogP contribution is 2.45. The molecule has 64 heavy (non-hydrogen) atoms. The largest absolute Gasteiger partial charge is 0.455 e. The Labute approximate surface area is 366 Å². The molecule has 14 rings (SSSR count). The van der Waals surface area contributed by atoms with Crippen LogP contribution in [0.1, 0.15) is 0 Å². The summed E-state index contributed by atoms with van der Waals surface area (Å²) in [6.45, 7) is 0. The lowest BCUT2D eigenvalue weighted by molar-refractivity contribution is 0.673. The van der Waals surface area contributed by atoms with Gasteiger partial charge in [0.2, 0.25) is 0 Å². The van der Waals surface area contributed by atoms with Gasteiger partial charge in [-0.3, -0.25) is 0 Å². The molecule has 5 heteroatoms. The Balaban J connectivity index is 1.05. The molecule has 0 atom stereocenters. The molecule has 0 aliphatic rings. The molecule has 14 aromatic rings. The smallest absolute Gasteiger partial charge is 0.167 e. The number of fused-ring (bicyclic) bond motifs is 13. The maximum Gasteiger partial charge on any atom is 0.167 e. The van der Waals surface area contributed by atoms with Gasteiger partial charge in [0.1, 0.15) is 11.2 Å². The van der Waals surface area contributed by atoms with Crippen LogP contribution >= 0.6 is 0 Å². The first-order valence-electron chi connectivity index (χ1n) is 21.7. The monoisotopic (exact) mass is 814 g/mol. The average molecular weight is 815 g/mol. The second-order valence-electron chi connectivity index (χ2n) is 16.8. The Bertz CT molecular complexity index is 4180. The van der Waals surface area contributed by atoms with E-state index < -0.39 is 0 Å². The van der Waals surface area contributed by atoms with Crippen molar-refractivity contribution >= 4 is 97.6 Å². The van der Waals surface area contributed by atoms with Crippen LogP contribution in [-0.4, -0.2) is 19.5 Å². The summed E-state index contributed by atoms with van der Waals surface area (Å²) in [4.78, 5) is 15.6. The number of aromatic nitrogens is 4. The highest BCUT2D eigenvalue weighted by molar-refractivity contribution is 6.24. The van der Waals surface area contributed by atoms with Gasteiger partial charge in [-0.2, -0.15) is 0 Å². The summed E-state index contributed by atoms with van der Waals surface area (Å²) in [5.74, 6) is 1.76. The highest BCUT2D eigenvalue weighted by Gasteiger charge is 2.23. The molecule has 0 fully saturated rings. The lowest BCUT2D eigenvalue weighted by Gasteiger charge is -2.14. The minimum Gasteiger partial charge on any atom is -0.455 e. The van der Waals surface area contributed by atoms with E-state index in [1.54, 1.807) is 0 Å². The minimum absolute atomic E-state index is 0.552. The number of nitrogens with zero attached hydrogens (tertiary/aromatic N) is 4. The van der Waals surface area contributed by atoms with Gasteiger partial charge in [-0.1, -0.05) is 170 Å². The van der Waals surface area contributed by atoms with Gasteiger partial charge in [-0.15, -0.1) is 0 Å². The molecule has 3 heterocycles. The van der Waals surface area contributed by atoms with Crippen molar-refractivity contribution in [2.75, 3.05) is 0 Å². The number of para-hydroxylation sites is 1. The molecule has 0 unspecified atom stereocenters. The highest BCUT2D eigenvalue weighted by atomic mass is 16.3. The zero-order chi connectivity index (χ0) is 41.9. The van der Waals surface area contributed by atoms with E-state index in [1.165, 1.54) is 37.8 Å². The molecule has 0 aliphatic carbocycles. The van der Waals surface area contributed by atoms with Crippen molar-refractivity contribution < 1.29 is 4.42 Å². The molecule has 0 amide bonds. The minimum atomic E-state index is 0.552. The predicted octanol–water partition coefficient (Wildman–Crippen LogP) is 15.6. The van der Waals surface area contributed by atoms with Gasteiger partial charge in [0.25, 0.3) is 0 Å². The quantitative estimate of drug-likeness (QED) is 0.178. The zero-order valence-corrected chi connectivity index (χ0v) is 34.3. The number of furan rings is 1. The third kappa shape index (κ3) is 5.22. The van der Waals surface area contributed by atoms with Gasteiger partial charge in [0.15, 0.2) is 17.5 Å². The maximum atomic E-state index is 7.12. The van der Waals surface area contributed by atoms with E-state index in [0.717, 1.165) is 82.2 Å². The van der Waals surface area contributed by atoms with Crippen LogP contribution in [0.25, 0.3) is 137 Å². The fourth-order valence-electron chi connectivity index (χ4n) is 10.1. The Morgan fingerprint density at radius 1 is 0.312 bits per heavy atom. The van der Waals surface area contributed by atoms with Gasteiger partial charge < -0.3 is 8.98 Å². The van der Waals surface area contributed by atoms with Crippen molar-refractivity contribution in [3.63, 3.8) is 0 Å². The summed E-state index contributed by atoms with van der Waals surface area (Å²) in [6, 6.07) is 73.5. The van der Waals surface area contributed by atoms with Crippen LogP contribution in [-0.2, 0) is 0 Å². The van der Waals surface area contributed by atoms with Crippen molar-refractivity contribution in [2.45, 2.75) is 0 Å². The number of rotatable bonds is 4. The zero-order valence-electron chi connectivity index (χ0n) is 34.3. The third-order valence-electron chi connectivity index (χ3n) is 13.1. The van der Waals surface area contributed by atoms with Crippen LogP contribution in [0, 0.1) is 0 Å². The third-order valence-corrected chi connectivity index (χ3v) is 13.1. The van der Waals surface area contributed by atoms with Crippen LogP contribution < -0.4 is 0 Å². The summed E-state index contributed by atoms with van der Waals surface area (Å²) in [5.41, 5.74) is 7.66. The van der Waals surface area contributed by atoms with Crippen molar-refractivity contribution in [1.82, 2.24) is 19.5 Å². The van der Waals surface area contributed by atoms with Crippen molar-refractivity contribution in [2.24, 2.45) is 0 Å². The van der Waals surface area contributed by atoms with E-state index in [1.807, 2.05) is 0 Å². The first-order chi connectivity index (χ1) is 31.7. The summed E-state index contributed by atoms with van der Waals surface area (Å²) in [6.07, 6.45) is 0. The van der Waals surface area contributed by atoms with E-state index in [9.17, 15) is 0 Å². The van der Waals surface area contributed by atoms with Crippen LogP contribution in [0.2, 0.25) is 0 Å². The fourth-order valence-corrected chi connectivity index (χ4v) is 10.1. The van der Waals surface area contributed by atoms with E-state index in [4.69, 9.17) is 19.4 Å². The molecule has 0 bridgehead atoms. The number of hydrogen-bond donors (Lipinski definition) is 0. The SMILES string of the molecule is c1ccc2cc(-c3nc(-c4ccc5ccccc5c4)nc(-c4cccc5c4oc4c6ccccc6c(-n6c7cc8ccccc8cc7c7ccc8ccccc8c76)cc54)n3)ccc2c1. The van der Waals surface area contributed by atoms with E-state index in [0.29, 0.717) is 17.5 Å². The molecular weight excluding hydrogens is 781 g/mol. The fraction of sp³-hybridized carbons (Fsp3) is 0. The molecular formula is C59H34N4O. The maximum absolute atomic E-state index is 7.12. The van der Waals surface area contributed by atoms with Crippen molar-refractivity contribution in [1.29, 1.82) is 0 Å². The second-order valence-corrected chi connectivity index (χ2v) is 16.8. The lowest BCUT2D eigenvalue weighted by Crippen LogP contribution is -2.00. The molecule has 11 aromatic carbocycles. The standard InChI is InChI=1S/C59H34N4O/c1-3-15-38-30-42(26-24-35(38)12-1)57-60-58(43-27-25-36-13-2-4-16-39(36)31-43)62-59(61-57)49-23-11-22-48-51-34-53(45-20-9-10-21-47(45)56(51)64-55(48)49)63-52-33-41-18-6-5-17-40(41)32-50(52)46-29-28-37-14-7-8-19-44(37)54(46)63/h1-34H. The molecule has 0 saturated carbocycles.